The van der Waals surface area contributed by atoms with Crippen molar-refractivity contribution in [3.05, 3.63) is 60.2 Å². The maximum atomic E-state index is 12.1. The van der Waals surface area contributed by atoms with Crippen LogP contribution in [0.15, 0.2) is 54.6 Å². The lowest BCUT2D eigenvalue weighted by molar-refractivity contribution is 0.484. The Hall–Kier alpha value is -2.01. The molecular formula is C17H19NO3S. The van der Waals surface area contributed by atoms with Gasteiger partial charge in [0.1, 0.15) is 11.5 Å². The van der Waals surface area contributed by atoms with Crippen LogP contribution in [0.5, 0.6) is 5.75 Å². The summed E-state index contributed by atoms with van der Waals surface area (Å²) in [5, 5.41) is 0. The molecule has 22 heavy (non-hydrogen) atoms. The number of rotatable bonds is 5. The zero-order valence-corrected chi connectivity index (χ0v) is 13.3. The molecule has 0 saturated carbocycles. The molecule has 0 amide bonds. The Labute approximate surface area is 131 Å². The summed E-state index contributed by atoms with van der Waals surface area (Å²) in [4.78, 5) is 2.14. The number of hydrogen-bond donors (Lipinski definition) is 0. The van der Waals surface area contributed by atoms with E-state index in [2.05, 4.69) is 17.9 Å². The van der Waals surface area contributed by atoms with Gasteiger partial charge in [-0.1, -0.05) is 36.4 Å². The summed E-state index contributed by atoms with van der Waals surface area (Å²) < 4.78 is 29.4. The van der Waals surface area contributed by atoms with Crippen LogP contribution in [0.1, 0.15) is 12.5 Å². The van der Waals surface area contributed by atoms with Crippen LogP contribution < -0.4 is 9.08 Å². The zero-order chi connectivity index (χ0) is 15.6. The average Bonchev–Trinajstić information content (AvgIpc) is 2.81. The Morgan fingerprint density at radius 3 is 2.55 bits per heavy atom. The quantitative estimate of drug-likeness (QED) is 0.796. The Balaban J connectivity index is 1.67. The van der Waals surface area contributed by atoms with Gasteiger partial charge in [0.15, 0.2) is 0 Å². The molecule has 0 aromatic heterocycles. The SMILES string of the molecule is C[C@H]1Cc2ccccc2N1CCS(=O)(=O)Oc1ccccc1. The molecule has 1 heterocycles. The van der Waals surface area contributed by atoms with Crippen LogP contribution in [-0.4, -0.2) is 26.8 Å². The molecule has 0 fully saturated rings. The number of benzene rings is 2. The monoisotopic (exact) mass is 317 g/mol. The summed E-state index contributed by atoms with van der Waals surface area (Å²) in [5.41, 5.74) is 2.40. The van der Waals surface area contributed by atoms with Gasteiger partial charge in [-0.3, -0.25) is 0 Å². The summed E-state index contributed by atoms with van der Waals surface area (Å²) in [6.45, 7) is 2.55. The highest BCUT2D eigenvalue weighted by Gasteiger charge is 2.27. The van der Waals surface area contributed by atoms with Gasteiger partial charge < -0.3 is 9.08 Å². The summed E-state index contributed by atoms with van der Waals surface area (Å²) in [6.07, 6.45) is 0.954. The first-order chi connectivity index (χ1) is 10.6. The minimum atomic E-state index is -3.59. The molecule has 0 bridgehead atoms. The summed E-state index contributed by atoms with van der Waals surface area (Å²) in [7, 11) is -3.59. The first kappa shape index (κ1) is 14.9. The molecule has 2 aromatic carbocycles. The Morgan fingerprint density at radius 2 is 1.77 bits per heavy atom. The van der Waals surface area contributed by atoms with E-state index >= 15 is 0 Å². The second-order valence-electron chi connectivity index (χ2n) is 5.53. The molecule has 0 saturated heterocycles. The molecule has 0 spiro atoms. The Kier molecular flexibility index (Phi) is 4.07. The van der Waals surface area contributed by atoms with Crippen molar-refractivity contribution in [3.8, 4) is 5.75 Å². The predicted octanol–water partition coefficient (Wildman–Crippen LogP) is 2.85. The summed E-state index contributed by atoms with van der Waals surface area (Å²) >= 11 is 0. The highest BCUT2D eigenvalue weighted by atomic mass is 32.2. The van der Waals surface area contributed by atoms with Gasteiger partial charge in [0.25, 0.3) is 0 Å². The molecule has 5 heteroatoms. The number of hydrogen-bond acceptors (Lipinski definition) is 4. The molecule has 1 atom stereocenters. The van der Waals surface area contributed by atoms with E-state index in [1.54, 1.807) is 24.3 Å². The zero-order valence-electron chi connectivity index (χ0n) is 12.5. The van der Waals surface area contributed by atoms with Gasteiger partial charge in [0.05, 0.1) is 0 Å². The van der Waals surface area contributed by atoms with Gasteiger partial charge in [-0.2, -0.15) is 8.42 Å². The second-order valence-corrected chi connectivity index (χ2v) is 7.22. The van der Waals surface area contributed by atoms with Gasteiger partial charge in [-0.25, -0.2) is 0 Å². The third kappa shape index (κ3) is 3.25. The lowest BCUT2D eigenvalue weighted by Crippen LogP contribution is -2.34. The van der Waals surface area contributed by atoms with Crippen molar-refractivity contribution < 1.29 is 12.6 Å². The van der Waals surface area contributed by atoms with Crippen LogP contribution in [0, 0.1) is 0 Å². The third-order valence-electron chi connectivity index (χ3n) is 3.90. The summed E-state index contributed by atoms with van der Waals surface area (Å²) in [6, 6.07) is 17.1. The van der Waals surface area contributed by atoms with E-state index < -0.39 is 10.1 Å². The van der Waals surface area contributed by atoms with E-state index in [1.165, 1.54) is 5.56 Å². The van der Waals surface area contributed by atoms with Crippen molar-refractivity contribution in [3.63, 3.8) is 0 Å². The van der Waals surface area contributed by atoms with Crippen molar-refractivity contribution >= 4 is 15.8 Å². The number of para-hydroxylation sites is 2. The van der Waals surface area contributed by atoms with Crippen molar-refractivity contribution in [1.82, 2.24) is 0 Å². The maximum Gasteiger partial charge on any atom is 0.310 e. The van der Waals surface area contributed by atoms with E-state index in [9.17, 15) is 8.42 Å². The van der Waals surface area contributed by atoms with E-state index in [0.717, 1.165) is 12.1 Å². The second kappa shape index (κ2) is 6.01. The van der Waals surface area contributed by atoms with Crippen molar-refractivity contribution in [1.29, 1.82) is 0 Å². The average molecular weight is 317 g/mol. The van der Waals surface area contributed by atoms with Gasteiger partial charge in [0, 0.05) is 18.3 Å². The Bertz CT molecular complexity index is 744. The third-order valence-corrected chi connectivity index (χ3v) is 5.03. The molecular weight excluding hydrogens is 298 g/mol. The molecule has 116 valence electrons. The topological polar surface area (TPSA) is 46.6 Å². The van der Waals surface area contributed by atoms with Crippen molar-refractivity contribution in [2.75, 3.05) is 17.2 Å². The van der Waals surface area contributed by atoms with Crippen LogP contribution >= 0.6 is 0 Å². The molecule has 1 aliphatic heterocycles. The van der Waals surface area contributed by atoms with Crippen LogP contribution in [0.4, 0.5) is 5.69 Å². The minimum absolute atomic E-state index is 0.0272. The summed E-state index contributed by atoms with van der Waals surface area (Å²) in [5.74, 6) is 0.331. The maximum absolute atomic E-state index is 12.1. The molecule has 2 aromatic rings. The van der Waals surface area contributed by atoms with E-state index in [0.29, 0.717) is 18.3 Å². The van der Waals surface area contributed by atoms with Crippen LogP contribution in [0.3, 0.4) is 0 Å². The van der Waals surface area contributed by atoms with Gasteiger partial charge in [-0.05, 0) is 37.1 Å². The van der Waals surface area contributed by atoms with Crippen molar-refractivity contribution in [2.45, 2.75) is 19.4 Å². The van der Waals surface area contributed by atoms with Crippen molar-refractivity contribution in [2.24, 2.45) is 0 Å². The lowest BCUT2D eigenvalue weighted by atomic mass is 10.1. The fraction of sp³-hybridized carbons (Fsp3) is 0.294. The van der Waals surface area contributed by atoms with Crippen LogP contribution in [0.2, 0.25) is 0 Å². The number of fused-ring (bicyclic) bond motifs is 1. The van der Waals surface area contributed by atoms with E-state index in [4.69, 9.17) is 4.18 Å². The van der Waals surface area contributed by atoms with Crippen LogP contribution in [0.25, 0.3) is 0 Å². The standard InChI is InChI=1S/C17H19NO3S/c1-14-13-15-7-5-6-10-17(15)18(14)11-12-22(19,20)21-16-8-3-2-4-9-16/h2-10,14H,11-13H2,1H3/t14-/m0/s1. The fourth-order valence-corrected chi connectivity index (χ4v) is 3.75. The molecule has 3 rings (SSSR count). The number of anilines is 1. The normalized spacial score (nSPS) is 17.3. The fourth-order valence-electron chi connectivity index (χ4n) is 2.84. The highest BCUT2D eigenvalue weighted by molar-refractivity contribution is 7.87. The van der Waals surface area contributed by atoms with Gasteiger partial charge in [-0.15, -0.1) is 0 Å². The molecule has 1 aliphatic rings. The predicted molar refractivity (Wildman–Crippen MR) is 87.8 cm³/mol. The number of nitrogens with zero attached hydrogens (tertiary/aromatic N) is 1. The first-order valence-electron chi connectivity index (χ1n) is 7.37. The Morgan fingerprint density at radius 1 is 1.09 bits per heavy atom. The highest BCUT2D eigenvalue weighted by Crippen LogP contribution is 2.31. The smallest absolute Gasteiger partial charge is 0.310 e. The molecule has 0 aliphatic carbocycles. The largest absolute Gasteiger partial charge is 0.382 e. The first-order valence-corrected chi connectivity index (χ1v) is 8.95. The molecule has 4 nitrogen and oxygen atoms in total. The minimum Gasteiger partial charge on any atom is -0.382 e. The molecule has 0 radical (unpaired) electrons. The van der Waals surface area contributed by atoms with E-state index in [-0.39, 0.29) is 5.75 Å². The molecule has 0 unspecified atom stereocenters. The van der Waals surface area contributed by atoms with Gasteiger partial charge in [0.2, 0.25) is 0 Å². The molecule has 0 N–H and O–H groups in total. The lowest BCUT2D eigenvalue weighted by Gasteiger charge is -2.24. The van der Waals surface area contributed by atoms with Crippen LogP contribution in [-0.2, 0) is 16.5 Å². The van der Waals surface area contributed by atoms with E-state index in [1.807, 2.05) is 24.3 Å². The van der Waals surface area contributed by atoms with Gasteiger partial charge >= 0.3 is 10.1 Å².